The quantitative estimate of drug-likeness (QED) is 0.407. The van der Waals surface area contributed by atoms with Crippen molar-refractivity contribution < 1.29 is 33.3 Å². The van der Waals surface area contributed by atoms with Gasteiger partial charge in [0.15, 0.2) is 0 Å². The van der Waals surface area contributed by atoms with Crippen LogP contribution in [0.1, 0.15) is 61.3 Å². The molecular weight excluding hydrogens is 520 g/mol. The van der Waals surface area contributed by atoms with Crippen molar-refractivity contribution in [3.63, 3.8) is 0 Å². The van der Waals surface area contributed by atoms with Crippen molar-refractivity contribution in [1.82, 2.24) is 4.90 Å². The summed E-state index contributed by atoms with van der Waals surface area (Å²) in [6.07, 6.45) is -0.643. The minimum atomic E-state index is -0.951. The molecule has 2 amide bonds. The first-order chi connectivity index (χ1) is 16.2. The zero-order valence-corrected chi connectivity index (χ0v) is 23.1. The topological polar surface area (TPSA) is 95.9 Å². The van der Waals surface area contributed by atoms with Crippen molar-refractivity contribution in [2.24, 2.45) is 10.4 Å². The van der Waals surface area contributed by atoms with Gasteiger partial charge in [-0.15, -0.1) is 4.90 Å². The molecule has 2 aliphatic rings. The fourth-order valence-corrected chi connectivity index (χ4v) is 4.12. The fourth-order valence-electron chi connectivity index (χ4n) is 3.77. The van der Waals surface area contributed by atoms with E-state index in [1.807, 2.05) is 6.07 Å². The molecule has 35 heavy (non-hydrogen) atoms. The number of imide groups is 1. The van der Waals surface area contributed by atoms with Crippen LogP contribution in [-0.2, 0) is 18.9 Å². The molecule has 0 saturated carbocycles. The SMILES string of the molecule is CCC1Oc2ccc(Br)cc2N=C(N(C(=O)OC(C)(C)C)C(=O)OC(C)(C)C)OCCC12COC2. The van der Waals surface area contributed by atoms with Crippen LogP contribution in [0, 0.1) is 5.41 Å². The number of aliphatic imine (C=N–C) groups is 1. The molecule has 0 bridgehead atoms. The molecule has 0 aliphatic carbocycles. The molecule has 194 valence electrons. The Balaban J connectivity index is 2.10. The van der Waals surface area contributed by atoms with Gasteiger partial charge in [-0.3, -0.25) is 0 Å². The van der Waals surface area contributed by atoms with Crippen molar-refractivity contribution in [1.29, 1.82) is 0 Å². The first kappa shape index (κ1) is 27.3. The fraction of sp³-hybridized carbons (Fsp3) is 0.640. The van der Waals surface area contributed by atoms with Gasteiger partial charge in [0.05, 0.1) is 25.2 Å². The third-order valence-corrected chi connectivity index (χ3v) is 5.91. The number of carbonyl (C=O) groups excluding carboxylic acids is 2. The van der Waals surface area contributed by atoms with E-state index in [9.17, 15) is 9.59 Å². The minimum Gasteiger partial charge on any atom is -0.487 e. The molecule has 2 heterocycles. The number of carbonyl (C=O) groups is 2. The number of hydrogen-bond acceptors (Lipinski definition) is 8. The van der Waals surface area contributed by atoms with E-state index < -0.39 is 23.4 Å². The summed E-state index contributed by atoms with van der Waals surface area (Å²) in [7, 11) is 0. The van der Waals surface area contributed by atoms with Gasteiger partial charge >= 0.3 is 18.2 Å². The lowest BCUT2D eigenvalue weighted by atomic mass is 9.76. The Bertz CT molecular complexity index is 949. The second kappa shape index (κ2) is 10.3. The van der Waals surface area contributed by atoms with Crippen LogP contribution < -0.4 is 4.74 Å². The lowest BCUT2D eigenvalue weighted by molar-refractivity contribution is -0.172. The number of benzene rings is 1. The number of ether oxygens (including phenoxy) is 5. The normalized spacial score (nSPS) is 19.8. The maximum Gasteiger partial charge on any atom is 0.428 e. The average molecular weight is 555 g/mol. The summed E-state index contributed by atoms with van der Waals surface area (Å²) in [5.41, 5.74) is -1.58. The van der Waals surface area contributed by atoms with Crippen LogP contribution in [0.25, 0.3) is 0 Å². The second-order valence-electron chi connectivity index (χ2n) is 10.8. The number of amidine groups is 1. The van der Waals surface area contributed by atoms with E-state index >= 15 is 0 Å². The summed E-state index contributed by atoms with van der Waals surface area (Å²) in [6.45, 7) is 13.6. The molecule has 1 unspecified atom stereocenters. The summed E-state index contributed by atoms with van der Waals surface area (Å²) in [6, 6.07) is 5.13. The largest absolute Gasteiger partial charge is 0.487 e. The molecule has 0 aromatic heterocycles. The molecule has 0 radical (unpaired) electrons. The van der Waals surface area contributed by atoms with E-state index in [-0.39, 0.29) is 24.1 Å². The highest BCUT2D eigenvalue weighted by atomic mass is 79.9. The van der Waals surface area contributed by atoms with Crippen LogP contribution in [0.5, 0.6) is 5.75 Å². The lowest BCUT2D eigenvalue weighted by Gasteiger charge is -2.46. The zero-order chi connectivity index (χ0) is 26.0. The molecular formula is C25H35BrN2O7. The summed E-state index contributed by atoms with van der Waals surface area (Å²) in [5, 5.41) is 0. The van der Waals surface area contributed by atoms with E-state index in [0.717, 1.165) is 10.9 Å². The van der Waals surface area contributed by atoms with E-state index in [0.29, 0.717) is 36.0 Å². The van der Waals surface area contributed by atoms with Gasteiger partial charge < -0.3 is 23.7 Å². The molecule has 9 nitrogen and oxygen atoms in total. The molecule has 2 aliphatic heterocycles. The molecule has 0 N–H and O–H groups in total. The van der Waals surface area contributed by atoms with Crippen molar-refractivity contribution >= 4 is 39.8 Å². The predicted molar refractivity (Wildman–Crippen MR) is 134 cm³/mol. The van der Waals surface area contributed by atoms with Crippen molar-refractivity contribution in [2.75, 3.05) is 19.8 Å². The van der Waals surface area contributed by atoms with Crippen LogP contribution in [-0.4, -0.2) is 60.2 Å². The summed E-state index contributed by atoms with van der Waals surface area (Å²) >= 11 is 3.46. The summed E-state index contributed by atoms with van der Waals surface area (Å²) < 4.78 is 29.8. The van der Waals surface area contributed by atoms with Gasteiger partial charge in [-0.1, -0.05) is 22.9 Å². The van der Waals surface area contributed by atoms with Gasteiger partial charge in [-0.2, -0.15) is 4.99 Å². The van der Waals surface area contributed by atoms with Crippen LogP contribution in [0.3, 0.4) is 0 Å². The van der Waals surface area contributed by atoms with E-state index in [2.05, 4.69) is 27.8 Å². The van der Waals surface area contributed by atoms with Gasteiger partial charge in [-0.05, 0) is 72.6 Å². The number of rotatable bonds is 1. The monoisotopic (exact) mass is 554 g/mol. The van der Waals surface area contributed by atoms with E-state index in [1.165, 1.54) is 0 Å². The van der Waals surface area contributed by atoms with Gasteiger partial charge in [0, 0.05) is 4.47 Å². The maximum atomic E-state index is 13.2. The minimum absolute atomic E-state index is 0.107. The molecule has 1 fully saturated rings. The van der Waals surface area contributed by atoms with Gasteiger partial charge in [0.1, 0.15) is 28.7 Å². The maximum absolute atomic E-state index is 13.2. The highest BCUT2D eigenvalue weighted by Gasteiger charge is 2.47. The number of hydrogen-bond donors (Lipinski definition) is 0. The molecule has 1 spiro atoms. The van der Waals surface area contributed by atoms with Gasteiger partial charge in [0.25, 0.3) is 0 Å². The van der Waals surface area contributed by atoms with Gasteiger partial charge in [0.2, 0.25) is 0 Å². The average Bonchev–Trinajstić information content (AvgIpc) is 2.67. The highest BCUT2D eigenvalue weighted by molar-refractivity contribution is 9.10. The Labute approximate surface area is 215 Å². The van der Waals surface area contributed by atoms with Crippen LogP contribution >= 0.6 is 15.9 Å². The van der Waals surface area contributed by atoms with E-state index in [4.69, 9.17) is 23.7 Å². The van der Waals surface area contributed by atoms with Crippen LogP contribution in [0.4, 0.5) is 15.3 Å². The van der Waals surface area contributed by atoms with E-state index in [1.54, 1.807) is 53.7 Å². The number of halogens is 1. The third-order valence-electron chi connectivity index (χ3n) is 5.41. The molecule has 1 aromatic rings. The highest BCUT2D eigenvalue weighted by Crippen LogP contribution is 2.42. The molecule has 1 atom stereocenters. The standard InChI is InChI=1S/C25H35BrN2O7/c1-8-19-25(14-31-15-25)11-12-32-20(27-17-13-16(26)9-10-18(17)33-19)28(21(29)34-23(2,3)4)22(30)35-24(5,6)7/h9-10,13,19H,8,11-12,14-15H2,1-7H3. The first-order valence-corrected chi connectivity index (χ1v) is 12.5. The van der Waals surface area contributed by atoms with Gasteiger partial charge in [-0.25, -0.2) is 9.59 Å². The van der Waals surface area contributed by atoms with Crippen molar-refractivity contribution in [3.05, 3.63) is 22.7 Å². The first-order valence-electron chi connectivity index (χ1n) is 11.7. The zero-order valence-electron chi connectivity index (χ0n) is 21.5. The smallest absolute Gasteiger partial charge is 0.428 e. The Morgan fingerprint density at radius 2 is 1.71 bits per heavy atom. The Morgan fingerprint density at radius 3 is 2.20 bits per heavy atom. The molecule has 1 aromatic carbocycles. The number of amides is 2. The summed E-state index contributed by atoms with van der Waals surface area (Å²) in [5.74, 6) is 0.502. The number of fused-ring (bicyclic) bond motifs is 1. The molecule has 1 saturated heterocycles. The summed E-state index contributed by atoms with van der Waals surface area (Å²) in [4.78, 5) is 31.6. The molecule has 3 rings (SSSR count). The van der Waals surface area contributed by atoms with Crippen LogP contribution in [0.2, 0.25) is 0 Å². The van der Waals surface area contributed by atoms with Crippen LogP contribution in [0.15, 0.2) is 27.7 Å². The Morgan fingerprint density at radius 1 is 1.11 bits per heavy atom. The third kappa shape index (κ3) is 6.88. The predicted octanol–water partition coefficient (Wildman–Crippen LogP) is 6.20. The van der Waals surface area contributed by atoms with Crippen molar-refractivity contribution in [3.8, 4) is 5.75 Å². The second-order valence-corrected chi connectivity index (χ2v) is 11.7. The number of nitrogens with zero attached hydrogens (tertiary/aromatic N) is 2. The molecule has 10 heteroatoms. The Hall–Kier alpha value is -2.33. The lowest BCUT2D eigenvalue weighted by Crippen LogP contribution is -2.54. The van der Waals surface area contributed by atoms with Crippen molar-refractivity contribution in [2.45, 2.75) is 78.6 Å². The Kier molecular flexibility index (Phi) is 8.06.